The van der Waals surface area contributed by atoms with E-state index >= 15 is 0 Å². The third-order valence-corrected chi connectivity index (χ3v) is 2.17. The van der Waals surface area contributed by atoms with Crippen molar-refractivity contribution in [2.45, 2.75) is 13.0 Å². The van der Waals surface area contributed by atoms with Gasteiger partial charge < -0.3 is 0 Å². The summed E-state index contributed by atoms with van der Waals surface area (Å²) in [6.07, 6.45) is 2.04. The predicted molar refractivity (Wildman–Crippen MR) is 53.2 cm³/mol. The van der Waals surface area contributed by atoms with Crippen LogP contribution in [-0.2, 0) is 4.79 Å². The largest absolute Gasteiger partial charge is 0.293 e. The highest BCUT2D eigenvalue weighted by atomic mass is 16.1. The molecule has 0 aliphatic carbocycles. The Labute approximate surface area is 79.2 Å². The van der Waals surface area contributed by atoms with Gasteiger partial charge in [0.25, 0.3) is 0 Å². The number of likely N-dealkylation sites (N-methyl/N-ethyl adjacent to an activating group) is 1. The lowest BCUT2D eigenvalue weighted by Crippen LogP contribution is -2.25. The Kier molecular flexibility index (Phi) is 3.65. The molecule has 1 unspecified atom stereocenters. The molecule has 69 valence electrons. The fourth-order valence-corrected chi connectivity index (χ4v) is 1.23. The van der Waals surface area contributed by atoms with Gasteiger partial charge in [0.05, 0.1) is 0 Å². The average molecular weight is 176 g/mol. The quantitative estimate of drug-likeness (QED) is 0.697. The number of carbonyl (C=O) groups excluding carboxylic acids is 1. The highest BCUT2D eigenvalue weighted by molar-refractivity contribution is 5.62. The van der Waals surface area contributed by atoms with Gasteiger partial charge in [0.2, 0.25) is 6.29 Å². The molecular formula is C11H14NO. The summed E-state index contributed by atoms with van der Waals surface area (Å²) in [7, 11) is 1.92. The van der Waals surface area contributed by atoms with E-state index in [0.29, 0.717) is 0 Å². The van der Waals surface area contributed by atoms with Crippen molar-refractivity contribution >= 4 is 6.29 Å². The lowest BCUT2D eigenvalue weighted by molar-refractivity contribution is 0.308. The van der Waals surface area contributed by atoms with Gasteiger partial charge in [0.15, 0.2) is 0 Å². The van der Waals surface area contributed by atoms with Crippen LogP contribution < -0.4 is 0 Å². The summed E-state index contributed by atoms with van der Waals surface area (Å²) >= 11 is 0. The normalized spacial score (nSPS) is 12.8. The van der Waals surface area contributed by atoms with Crippen LogP contribution in [0.2, 0.25) is 0 Å². The van der Waals surface area contributed by atoms with Crippen molar-refractivity contribution in [1.29, 1.82) is 0 Å². The van der Waals surface area contributed by atoms with Gasteiger partial charge in [-0.05, 0) is 19.2 Å². The second-order valence-electron chi connectivity index (χ2n) is 3.00. The molecule has 1 aromatic rings. The molecule has 0 amide bonds. The van der Waals surface area contributed by atoms with E-state index in [1.165, 1.54) is 0 Å². The maximum atomic E-state index is 10.7. The zero-order chi connectivity index (χ0) is 9.68. The highest BCUT2D eigenvalue weighted by Crippen LogP contribution is 2.15. The molecule has 13 heavy (non-hydrogen) atoms. The zero-order valence-electron chi connectivity index (χ0n) is 8.03. The monoisotopic (exact) mass is 176 g/mol. The summed E-state index contributed by atoms with van der Waals surface area (Å²) in [5.74, 6) is 0. The van der Waals surface area contributed by atoms with E-state index in [1.54, 1.807) is 0 Å². The lowest BCUT2D eigenvalue weighted by Gasteiger charge is -2.20. The highest BCUT2D eigenvalue weighted by Gasteiger charge is 2.14. The molecule has 0 saturated carbocycles. The van der Waals surface area contributed by atoms with Crippen LogP contribution in [-0.4, -0.2) is 24.8 Å². The predicted octanol–water partition coefficient (Wildman–Crippen LogP) is 1.79. The standard InChI is InChI=1S/C11H14NO/c1-3-12(2)11(9-13)10-7-5-4-6-8-10/h4-8,11H,3H2,1-2H3. The molecule has 1 aromatic carbocycles. The van der Waals surface area contributed by atoms with Gasteiger partial charge in [-0.1, -0.05) is 37.3 Å². The van der Waals surface area contributed by atoms with Gasteiger partial charge in [-0.25, -0.2) is 0 Å². The van der Waals surface area contributed by atoms with E-state index in [4.69, 9.17) is 0 Å². The number of hydrogen-bond donors (Lipinski definition) is 0. The van der Waals surface area contributed by atoms with Crippen LogP contribution in [0, 0.1) is 0 Å². The van der Waals surface area contributed by atoms with Crippen LogP contribution in [0.1, 0.15) is 18.5 Å². The molecule has 1 radical (unpaired) electrons. The van der Waals surface area contributed by atoms with Crippen molar-refractivity contribution in [2.24, 2.45) is 0 Å². The molecule has 0 aliphatic rings. The van der Waals surface area contributed by atoms with Crippen molar-refractivity contribution < 1.29 is 4.79 Å². The van der Waals surface area contributed by atoms with Crippen LogP contribution in [0.3, 0.4) is 0 Å². The second kappa shape index (κ2) is 4.77. The van der Waals surface area contributed by atoms with E-state index in [-0.39, 0.29) is 6.04 Å². The molecule has 1 rings (SSSR count). The van der Waals surface area contributed by atoms with Gasteiger partial charge in [-0.2, -0.15) is 0 Å². The van der Waals surface area contributed by atoms with Gasteiger partial charge in [0.1, 0.15) is 6.04 Å². The van der Waals surface area contributed by atoms with Crippen LogP contribution in [0.4, 0.5) is 0 Å². The number of rotatable bonds is 4. The topological polar surface area (TPSA) is 20.3 Å². The van der Waals surface area contributed by atoms with Crippen LogP contribution in [0.25, 0.3) is 0 Å². The van der Waals surface area contributed by atoms with E-state index in [2.05, 4.69) is 0 Å². The van der Waals surface area contributed by atoms with E-state index in [0.717, 1.165) is 12.1 Å². The first-order valence-electron chi connectivity index (χ1n) is 4.42. The maximum Gasteiger partial charge on any atom is 0.222 e. The zero-order valence-corrected chi connectivity index (χ0v) is 8.03. The van der Waals surface area contributed by atoms with E-state index in [1.807, 2.05) is 55.5 Å². The molecule has 0 aromatic heterocycles. The van der Waals surface area contributed by atoms with Crippen molar-refractivity contribution in [3.8, 4) is 0 Å². The number of nitrogens with zero attached hydrogens (tertiary/aromatic N) is 1. The van der Waals surface area contributed by atoms with Crippen molar-refractivity contribution in [3.05, 3.63) is 35.9 Å². The van der Waals surface area contributed by atoms with Crippen LogP contribution in [0.15, 0.2) is 30.3 Å². The summed E-state index contributed by atoms with van der Waals surface area (Å²) in [6.45, 7) is 2.86. The van der Waals surface area contributed by atoms with E-state index < -0.39 is 0 Å². The van der Waals surface area contributed by atoms with Crippen LogP contribution >= 0.6 is 0 Å². The maximum absolute atomic E-state index is 10.7. The molecule has 1 atom stereocenters. The summed E-state index contributed by atoms with van der Waals surface area (Å²) in [5.41, 5.74) is 1.00. The molecule has 0 spiro atoms. The molecule has 2 heteroatoms. The molecule has 0 saturated heterocycles. The lowest BCUT2D eigenvalue weighted by atomic mass is 10.1. The van der Waals surface area contributed by atoms with Crippen molar-refractivity contribution in [2.75, 3.05) is 13.6 Å². The molecule has 0 heterocycles. The Balaban J connectivity index is 2.84. The summed E-state index contributed by atoms with van der Waals surface area (Å²) in [5, 5.41) is 0. The first-order chi connectivity index (χ1) is 6.29. The Bertz CT molecular complexity index is 258. The fourth-order valence-electron chi connectivity index (χ4n) is 1.23. The summed E-state index contributed by atoms with van der Waals surface area (Å²) < 4.78 is 0. The van der Waals surface area contributed by atoms with Gasteiger partial charge in [0, 0.05) is 0 Å². The third-order valence-electron chi connectivity index (χ3n) is 2.17. The number of hydrogen-bond acceptors (Lipinski definition) is 2. The molecule has 2 nitrogen and oxygen atoms in total. The minimum Gasteiger partial charge on any atom is -0.293 e. The van der Waals surface area contributed by atoms with Gasteiger partial charge in [-0.3, -0.25) is 9.69 Å². The minimum atomic E-state index is -0.230. The molecule has 0 N–H and O–H groups in total. The van der Waals surface area contributed by atoms with E-state index in [9.17, 15) is 4.79 Å². The molecule has 0 aliphatic heterocycles. The third kappa shape index (κ3) is 2.39. The Morgan fingerprint density at radius 3 is 2.46 bits per heavy atom. The molecule has 0 bridgehead atoms. The smallest absolute Gasteiger partial charge is 0.222 e. The van der Waals surface area contributed by atoms with Crippen LogP contribution in [0.5, 0.6) is 0 Å². The molecule has 0 fully saturated rings. The first kappa shape index (κ1) is 9.93. The Morgan fingerprint density at radius 1 is 1.38 bits per heavy atom. The Hall–Kier alpha value is -1.15. The van der Waals surface area contributed by atoms with Crippen molar-refractivity contribution in [1.82, 2.24) is 4.90 Å². The Morgan fingerprint density at radius 2 is 2.00 bits per heavy atom. The average Bonchev–Trinajstić information content (AvgIpc) is 2.20. The number of benzene rings is 1. The van der Waals surface area contributed by atoms with Gasteiger partial charge in [-0.15, -0.1) is 0 Å². The van der Waals surface area contributed by atoms with Crippen molar-refractivity contribution in [3.63, 3.8) is 0 Å². The summed E-state index contributed by atoms with van der Waals surface area (Å²) in [4.78, 5) is 12.7. The summed E-state index contributed by atoms with van der Waals surface area (Å²) in [6, 6.07) is 9.47. The minimum absolute atomic E-state index is 0.230. The first-order valence-corrected chi connectivity index (χ1v) is 4.42. The fraction of sp³-hybridized carbons (Fsp3) is 0.364. The SMILES string of the molecule is CCN(C)C([C]=O)c1ccccc1. The second-order valence-corrected chi connectivity index (χ2v) is 3.00. The molecular weight excluding hydrogens is 162 g/mol. The van der Waals surface area contributed by atoms with Gasteiger partial charge >= 0.3 is 0 Å².